The van der Waals surface area contributed by atoms with Crippen molar-refractivity contribution in [1.82, 2.24) is 20.1 Å². The Balaban J connectivity index is 2.21. The van der Waals surface area contributed by atoms with E-state index in [0.717, 1.165) is 25.3 Å². The van der Waals surface area contributed by atoms with Crippen LogP contribution in [0.3, 0.4) is 0 Å². The van der Waals surface area contributed by atoms with Crippen LogP contribution in [0.4, 0.5) is 0 Å². The van der Waals surface area contributed by atoms with Gasteiger partial charge in [0, 0.05) is 13.6 Å². The molecule has 0 spiro atoms. The second-order valence-electron chi connectivity index (χ2n) is 2.97. The SMILES string of the molecule is Cn1ncnc1C=C1CCNC1. The van der Waals surface area contributed by atoms with Crippen molar-refractivity contribution in [2.75, 3.05) is 13.1 Å². The van der Waals surface area contributed by atoms with Gasteiger partial charge in [0.1, 0.15) is 12.2 Å². The van der Waals surface area contributed by atoms with Gasteiger partial charge in [-0.05, 0) is 19.0 Å². The van der Waals surface area contributed by atoms with Crippen LogP contribution in [0.15, 0.2) is 11.9 Å². The van der Waals surface area contributed by atoms with Crippen LogP contribution in [0.5, 0.6) is 0 Å². The molecule has 0 amide bonds. The van der Waals surface area contributed by atoms with Gasteiger partial charge in [0.2, 0.25) is 0 Å². The molecule has 1 saturated heterocycles. The summed E-state index contributed by atoms with van der Waals surface area (Å²) in [6, 6.07) is 0. The van der Waals surface area contributed by atoms with Crippen LogP contribution in [-0.4, -0.2) is 27.9 Å². The van der Waals surface area contributed by atoms with Gasteiger partial charge in [-0.15, -0.1) is 0 Å². The van der Waals surface area contributed by atoms with E-state index in [1.807, 2.05) is 7.05 Å². The van der Waals surface area contributed by atoms with Crippen LogP contribution in [0.2, 0.25) is 0 Å². The first kappa shape index (κ1) is 7.49. The minimum atomic E-state index is 0.939. The zero-order chi connectivity index (χ0) is 8.39. The average molecular weight is 164 g/mol. The van der Waals surface area contributed by atoms with Crippen molar-refractivity contribution >= 4 is 6.08 Å². The van der Waals surface area contributed by atoms with Crippen molar-refractivity contribution in [1.29, 1.82) is 0 Å². The van der Waals surface area contributed by atoms with Crippen molar-refractivity contribution in [2.24, 2.45) is 7.05 Å². The standard InChI is InChI=1S/C8H12N4/c1-12-8(10-6-11-12)4-7-2-3-9-5-7/h4,6,9H,2-3,5H2,1H3. The van der Waals surface area contributed by atoms with E-state index in [2.05, 4.69) is 21.5 Å². The Hall–Kier alpha value is -1.16. The van der Waals surface area contributed by atoms with Crippen molar-refractivity contribution in [3.05, 3.63) is 17.7 Å². The minimum Gasteiger partial charge on any atom is -0.313 e. The summed E-state index contributed by atoms with van der Waals surface area (Å²) in [4.78, 5) is 4.13. The van der Waals surface area contributed by atoms with Gasteiger partial charge in [-0.1, -0.05) is 5.57 Å². The molecule has 1 N–H and O–H groups in total. The molecule has 0 aromatic carbocycles. The van der Waals surface area contributed by atoms with E-state index in [-0.39, 0.29) is 0 Å². The molecular weight excluding hydrogens is 152 g/mol. The summed E-state index contributed by atoms with van der Waals surface area (Å²) >= 11 is 0. The zero-order valence-electron chi connectivity index (χ0n) is 7.12. The maximum atomic E-state index is 4.13. The summed E-state index contributed by atoms with van der Waals surface area (Å²) < 4.78 is 1.78. The van der Waals surface area contributed by atoms with Gasteiger partial charge in [-0.25, -0.2) is 9.67 Å². The fourth-order valence-electron chi connectivity index (χ4n) is 1.33. The quantitative estimate of drug-likeness (QED) is 0.644. The average Bonchev–Trinajstić information content (AvgIpc) is 2.65. The Morgan fingerprint density at radius 1 is 1.67 bits per heavy atom. The molecule has 0 radical (unpaired) electrons. The number of nitrogens with zero attached hydrogens (tertiary/aromatic N) is 3. The highest BCUT2D eigenvalue weighted by Crippen LogP contribution is 2.09. The van der Waals surface area contributed by atoms with Gasteiger partial charge in [0.25, 0.3) is 0 Å². The molecule has 2 heterocycles. The molecule has 1 aromatic heterocycles. The number of hydrogen-bond donors (Lipinski definition) is 1. The molecule has 64 valence electrons. The monoisotopic (exact) mass is 164 g/mol. The number of aryl methyl sites for hydroxylation is 1. The molecule has 12 heavy (non-hydrogen) atoms. The number of hydrogen-bond acceptors (Lipinski definition) is 3. The highest BCUT2D eigenvalue weighted by atomic mass is 15.3. The Morgan fingerprint density at radius 3 is 3.17 bits per heavy atom. The van der Waals surface area contributed by atoms with Crippen molar-refractivity contribution in [3.63, 3.8) is 0 Å². The summed E-state index contributed by atoms with van der Waals surface area (Å²) in [6.07, 6.45) is 4.81. The lowest BCUT2D eigenvalue weighted by Gasteiger charge is -1.94. The lowest BCUT2D eigenvalue weighted by atomic mass is 10.2. The summed E-state index contributed by atoms with van der Waals surface area (Å²) in [5, 5.41) is 7.28. The van der Waals surface area contributed by atoms with Gasteiger partial charge in [-0.2, -0.15) is 5.10 Å². The number of nitrogens with one attached hydrogen (secondary N) is 1. The Labute approximate surface area is 71.3 Å². The maximum absolute atomic E-state index is 4.13. The summed E-state index contributed by atoms with van der Waals surface area (Å²) in [5.74, 6) is 0.939. The van der Waals surface area contributed by atoms with Crippen LogP contribution < -0.4 is 5.32 Å². The number of aromatic nitrogens is 3. The fourth-order valence-corrected chi connectivity index (χ4v) is 1.33. The molecule has 1 aromatic rings. The molecule has 0 saturated carbocycles. The third-order valence-corrected chi connectivity index (χ3v) is 2.05. The summed E-state index contributed by atoms with van der Waals surface area (Å²) in [6.45, 7) is 2.08. The lowest BCUT2D eigenvalue weighted by molar-refractivity contribution is 0.756. The molecule has 0 bridgehead atoms. The van der Waals surface area contributed by atoms with E-state index in [0.29, 0.717) is 0 Å². The normalized spacial score (nSPS) is 20.6. The van der Waals surface area contributed by atoms with Crippen LogP contribution in [0.25, 0.3) is 6.08 Å². The first-order chi connectivity index (χ1) is 5.86. The number of rotatable bonds is 1. The largest absolute Gasteiger partial charge is 0.313 e. The molecule has 0 aliphatic carbocycles. The van der Waals surface area contributed by atoms with Crippen LogP contribution in [0, 0.1) is 0 Å². The molecule has 4 heteroatoms. The Kier molecular flexibility index (Phi) is 1.91. The lowest BCUT2D eigenvalue weighted by Crippen LogP contribution is -2.04. The van der Waals surface area contributed by atoms with Crippen LogP contribution in [-0.2, 0) is 7.05 Å². The fraction of sp³-hybridized carbons (Fsp3) is 0.500. The predicted molar refractivity (Wildman–Crippen MR) is 46.5 cm³/mol. The van der Waals surface area contributed by atoms with Crippen LogP contribution >= 0.6 is 0 Å². The topological polar surface area (TPSA) is 42.7 Å². The molecule has 0 atom stereocenters. The molecule has 2 rings (SSSR count). The highest BCUT2D eigenvalue weighted by molar-refractivity contribution is 5.46. The smallest absolute Gasteiger partial charge is 0.150 e. The molecule has 4 nitrogen and oxygen atoms in total. The van der Waals surface area contributed by atoms with E-state index in [1.165, 1.54) is 5.57 Å². The van der Waals surface area contributed by atoms with Crippen molar-refractivity contribution < 1.29 is 0 Å². The van der Waals surface area contributed by atoms with E-state index in [9.17, 15) is 0 Å². The molecule has 1 aliphatic rings. The highest BCUT2D eigenvalue weighted by Gasteiger charge is 2.06. The summed E-state index contributed by atoms with van der Waals surface area (Å²) in [5.41, 5.74) is 1.41. The van der Waals surface area contributed by atoms with E-state index >= 15 is 0 Å². The zero-order valence-corrected chi connectivity index (χ0v) is 7.12. The second kappa shape index (κ2) is 3.06. The third-order valence-electron chi connectivity index (χ3n) is 2.05. The molecule has 0 unspecified atom stereocenters. The molecular formula is C8H12N4. The summed E-state index contributed by atoms with van der Waals surface area (Å²) in [7, 11) is 1.90. The Morgan fingerprint density at radius 2 is 2.58 bits per heavy atom. The molecule has 1 aliphatic heterocycles. The molecule has 1 fully saturated rings. The first-order valence-corrected chi connectivity index (χ1v) is 4.10. The first-order valence-electron chi connectivity index (χ1n) is 4.10. The van der Waals surface area contributed by atoms with Gasteiger partial charge < -0.3 is 5.32 Å². The maximum Gasteiger partial charge on any atom is 0.150 e. The van der Waals surface area contributed by atoms with E-state index in [4.69, 9.17) is 0 Å². The van der Waals surface area contributed by atoms with E-state index in [1.54, 1.807) is 11.0 Å². The van der Waals surface area contributed by atoms with Gasteiger partial charge in [0.05, 0.1) is 0 Å². The van der Waals surface area contributed by atoms with Gasteiger partial charge in [-0.3, -0.25) is 0 Å². The minimum absolute atomic E-state index is 0.939. The van der Waals surface area contributed by atoms with Gasteiger partial charge >= 0.3 is 0 Å². The van der Waals surface area contributed by atoms with Crippen molar-refractivity contribution in [3.8, 4) is 0 Å². The van der Waals surface area contributed by atoms with Gasteiger partial charge in [0.15, 0.2) is 0 Å². The second-order valence-corrected chi connectivity index (χ2v) is 2.97. The predicted octanol–water partition coefficient (Wildman–Crippen LogP) is 0.192. The van der Waals surface area contributed by atoms with Crippen LogP contribution in [0.1, 0.15) is 12.2 Å². The third kappa shape index (κ3) is 1.38. The van der Waals surface area contributed by atoms with Crippen molar-refractivity contribution in [2.45, 2.75) is 6.42 Å². The van der Waals surface area contributed by atoms with E-state index < -0.39 is 0 Å². The Bertz CT molecular complexity index is 292.